The minimum absolute atomic E-state index is 0.0106. The van der Waals surface area contributed by atoms with Gasteiger partial charge in [-0.05, 0) is 83.5 Å². The highest BCUT2D eigenvalue weighted by Crippen LogP contribution is 2.18. The van der Waals surface area contributed by atoms with E-state index < -0.39 is 12.1 Å². The molecule has 0 aromatic carbocycles. The molecule has 0 aliphatic heterocycles. The SMILES string of the molecule is CCCCCC/C=C\CCCCCCCC(=O)OCCCCCCCCCCCCCCCC/C=C\CCCCCCCCCCCCCCCCCCCC(=O)NC(CO)C(O)/C=C/CCCCCCCCC. The number of amides is 1. The van der Waals surface area contributed by atoms with Gasteiger partial charge in [-0.25, -0.2) is 0 Å². The third kappa shape index (κ3) is 59.3. The summed E-state index contributed by atoms with van der Waals surface area (Å²) < 4.78 is 5.48. The van der Waals surface area contributed by atoms with E-state index in [0.29, 0.717) is 19.4 Å². The van der Waals surface area contributed by atoms with Gasteiger partial charge >= 0.3 is 5.97 Å². The number of carbonyl (C=O) groups is 2. The van der Waals surface area contributed by atoms with Crippen LogP contribution in [0.5, 0.6) is 0 Å². The van der Waals surface area contributed by atoms with Gasteiger partial charge in [0, 0.05) is 12.8 Å². The number of hydrogen-bond donors (Lipinski definition) is 3. The molecule has 0 fully saturated rings. The maximum atomic E-state index is 12.4. The topological polar surface area (TPSA) is 95.9 Å². The van der Waals surface area contributed by atoms with Crippen molar-refractivity contribution in [3.8, 4) is 0 Å². The first-order chi connectivity index (χ1) is 36.5. The van der Waals surface area contributed by atoms with Crippen molar-refractivity contribution in [3.63, 3.8) is 0 Å². The van der Waals surface area contributed by atoms with E-state index in [4.69, 9.17) is 4.74 Å². The van der Waals surface area contributed by atoms with Crippen LogP contribution in [0.3, 0.4) is 0 Å². The molecule has 0 bridgehead atoms. The molecule has 0 aromatic rings. The summed E-state index contributed by atoms with van der Waals surface area (Å²) in [6, 6.07) is -0.623. The normalized spacial score (nSPS) is 12.8. The fraction of sp³-hybridized carbons (Fsp3) is 0.882. The Bertz CT molecular complexity index is 1200. The summed E-state index contributed by atoms with van der Waals surface area (Å²) in [4.78, 5) is 24.4. The fourth-order valence-corrected chi connectivity index (χ4v) is 10.3. The zero-order chi connectivity index (χ0) is 53.6. The molecule has 6 heteroatoms. The van der Waals surface area contributed by atoms with E-state index in [2.05, 4.69) is 43.5 Å². The first-order valence-corrected chi connectivity index (χ1v) is 33.3. The van der Waals surface area contributed by atoms with Gasteiger partial charge in [-0.15, -0.1) is 0 Å². The number of aliphatic hydroxyl groups is 2. The molecule has 3 N–H and O–H groups in total. The standard InChI is InChI=1S/C68H129NO5/c1-3-5-7-9-11-13-14-38-42-46-50-54-58-62-68(73)74-63-59-55-51-47-43-40-37-35-33-31-29-27-25-23-21-19-17-15-16-18-20-22-24-26-28-30-32-34-36-39-41-45-49-53-57-61-67(72)69-65(64-70)66(71)60-56-52-48-44-12-10-8-6-4-2/h13-14,17,19,56,60,65-66,70-71H,3-12,15-16,18,20-55,57-59,61-64H2,1-2H3,(H,69,72)/b14-13-,19-17-,60-56+. The molecule has 0 aromatic heterocycles. The Morgan fingerprint density at radius 3 is 0.973 bits per heavy atom. The molecule has 0 saturated heterocycles. The van der Waals surface area contributed by atoms with E-state index in [0.717, 1.165) is 44.9 Å². The second-order valence-electron chi connectivity index (χ2n) is 22.8. The molecule has 2 atom stereocenters. The number of ether oxygens (including phenoxy) is 1. The van der Waals surface area contributed by atoms with Gasteiger partial charge in [-0.2, -0.15) is 0 Å². The van der Waals surface area contributed by atoms with Crippen molar-refractivity contribution in [2.45, 2.75) is 373 Å². The van der Waals surface area contributed by atoms with Crippen LogP contribution in [0.25, 0.3) is 0 Å². The minimum Gasteiger partial charge on any atom is -0.466 e. The van der Waals surface area contributed by atoms with Gasteiger partial charge < -0.3 is 20.3 Å². The molecule has 2 unspecified atom stereocenters. The molecule has 0 spiro atoms. The Balaban J connectivity index is 3.32. The predicted molar refractivity (Wildman–Crippen MR) is 324 cm³/mol. The molecular formula is C68H129NO5. The van der Waals surface area contributed by atoms with Crippen molar-refractivity contribution >= 4 is 11.9 Å². The fourth-order valence-electron chi connectivity index (χ4n) is 10.3. The molecule has 74 heavy (non-hydrogen) atoms. The maximum Gasteiger partial charge on any atom is 0.305 e. The molecule has 0 aliphatic carbocycles. The van der Waals surface area contributed by atoms with E-state index in [1.54, 1.807) is 6.08 Å². The van der Waals surface area contributed by atoms with Crippen molar-refractivity contribution < 1.29 is 24.5 Å². The average molecular weight is 1040 g/mol. The zero-order valence-corrected chi connectivity index (χ0v) is 49.8. The van der Waals surface area contributed by atoms with Crippen LogP contribution in [-0.2, 0) is 14.3 Å². The van der Waals surface area contributed by atoms with Crippen LogP contribution < -0.4 is 5.32 Å². The van der Waals surface area contributed by atoms with Crippen LogP contribution in [0.1, 0.15) is 361 Å². The summed E-state index contributed by atoms with van der Waals surface area (Å²) in [5.74, 6) is -0.0556. The summed E-state index contributed by atoms with van der Waals surface area (Å²) in [7, 11) is 0. The Labute approximate surface area is 462 Å². The lowest BCUT2D eigenvalue weighted by atomic mass is 10.0. The first-order valence-electron chi connectivity index (χ1n) is 33.3. The van der Waals surface area contributed by atoms with Crippen molar-refractivity contribution in [1.29, 1.82) is 0 Å². The second kappa shape index (κ2) is 63.6. The second-order valence-corrected chi connectivity index (χ2v) is 22.8. The van der Waals surface area contributed by atoms with Crippen LogP contribution in [0, 0.1) is 0 Å². The van der Waals surface area contributed by atoms with Crippen molar-refractivity contribution in [2.24, 2.45) is 0 Å². The lowest BCUT2D eigenvalue weighted by molar-refractivity contribution is -0.143. The molecule has 0 radical (unpaired) electrons. The summed E-state index contributed by atoms with van der Waals surface area (Å²) in [6.07, 6.45) is 80.9. The summed E-state index contributed by atoms with van der Waals surface area (Å²) in [5.41, 5.74) is 0. The predicted octanol–water partition coefficient (Wildman–Crippen LogP) is 21.1. The molecule has 6 nitrogen and oxygen atoms in total. The number of carbonyl (C=O) groups excluding carboxylic acids is 2. The van der Waals surface area contributed by atoms with E-state index in [1.807, 2.05) is 6.08 Å². The number of aliphatic hydroxyl groups excluding tert-OH is 2. The van der Waals surface area contributed by atoms with E-state index in [9.17, 15) is 19.8 Å². The lowest BCUT2D eigenvalue weighted by Gasteiger charge is -2.20. The number of nitrogens with one attached hydrogen (secondary N) is 1. The van der Waals surface area contributed by atoms with Gasteiger partial charge in [0.25, 0.3) is 0 Å². The Morgan fingerprint density at radius 2 is 0.635 bits per heavy atom. The van der Waals surface area contributed by atoms with Gasteiger partial charge in [0.05, 0.1) is 25.4 Å². The van der Waals surface area contributed by atoms with Crippen molar-refractivity contribution in [1.82, 2.24) is 5.32 Å². The lowest BCUT2D eigenvalue weighted by Crippen LogP contribution is -2.45. The summed E-state index contributed by atoms with van der Waals surface area (Å²) in [5, 5.41) is 23.0. The highest BCUT2D eigenvalue weighted by atomic mass is 16.5. The van der Waals surface area contributed by atoms with Crippen molar-refractivity contribution in [2.75, 3.05) is 13.2 Å². The van der Waals surface area contributed by atoms with E-state index >= 15 is 0 Å². The molecule has 0 aliphatic rings. The Kier molecular flexibility index (Phi) is 62.0. The van der Waals surface area contributed by atoms with Crippen LogP contribution in [0.4, 0.5) is 0 Å². The van der Waals surface area contributed by atoms with Crippen LogP contribution in [-0.4, -0.2) is 47.4 Å². The Morgan fingerprint density at radius 1 is 0.365 bits per heavy atom. The number of allylic oxidation sites excluding steroid dienone is 5. The summed E-state index contributed by atoms with van der Waals surface area (Å²) >= 11 is 0. The van der Waals surface area contributed by atoms with Gasteiger partial charge in [-0.3, -0.25) is 9.59 Å². The smallest absolute Gasteiger partial charge is 0.305 e. The van der Waals surface area contributed by atoms with Gasteiger partial charge in [-0.1, -0.05) is 301 Å². The van der Waals surface area contributed by atoms with Crippen LogP contribution >= 0.6 is 0 Å². The van der Waals surface area contributed by atoms with Crippen LogP contribution in [0.2, 0.25) is 0 Å². The van der Waals surface area contributed by atoms with Gasteiger partial charge in [0.2, 0.25) is 5.91 Å². The highest BCUT2D eigenvalue weighted by molar-refractivity contribution is 5.76. The molecule has 0 heterocycles. The number of hydrogen-bond acceptors (Lipinski definition) is 5. The zero-order valence-electron chi connectivity index (χ0n) is 49.8. The third-order valence-electron chi connectivity index (χ3n) is 15.4. The Hall–Kier alpha value is -1.92. The third-order valence-corrected chi connectivity index (χ3v) is 15.4. The molecule has 0 saturated carbocycles. The minimum atomic E-state index is -0.839. The van der Waals surface area contributed by atoms with Crippen molar-refractivity contribution in [3.05, 3.63) is 36.5 Å². The quantitative estimate of drug-likeness (QED) is 0.0320. The largest absolute Gasteiger partial charge is 0.466 e. The number of rotatable bonds is 62. The number of esters is 1. The summed E-state index contributed by atoms with van der Waals surface area (Å²) in [6.45, 7) is 4.88. The van der Waals surface area contributed by atoms with E-state index in [-0.39, 0.29) is 18.5 Å². The molecular weight excluding hydrogens is 911 g/mol. The van der Waals surface area contributed by atoms with Crippen LogP contribution in [0.15, 0.2) is 36.5 Å². The average Bonchev–Trinajstić information content (AvgIpc) is 3.40. The monoisotopic (exact) mass is 1040 g/mol. The van der Waals surface area contributed by atoms with Gasteiger partial charge in [0.15, 0.2) is 0 Å². The molecule has 436 valence electrons. The maximum absolute atomic E-state index is 12.4. The van der Waals surface area contributed by atoms with E-state index in [1.165, 1.54) is 289 Å². The number of unbranched alkanes of at least 4 members (excludes halogenated alkanes) is 47. The highest BCUT2D eigenvalue weighted by Gasteiger charge is 2.18. The molecule has 1 amide bonds. The molecule has 0 rings (SSSR count). The first kappa shape index (κ1) is 72.1. The van der Waals surface area contributed by atoms with Gasteiger partial charge in [0.1, 0.15) is 0 Å².